The van der Waals surface area contributed by atoms with Gasteiger partial charge in [0.15, 0.2) is 0 Å². The molecule has 0 aromatic rings. The van der Waals surface area contributed by atoms with Gasteiger partial charge in [-0.1, -0.05) is 171 Å². The molecule has 308 valence electrons. The molecule has 0 aliphatic carbocycles. The van der Waals surface area contributed by atoms with Crippen LogP contribution in [0.5, 0.6) is 0 Å². The first kappa shape index (κ1) is 51.2. The van der Waals surface area contributed by atoms with Gasteiger partial charge in [0.25, 0.3) is 0 Å². The summed E-state index contributed by atoms with van der Waals surface area (Å²) in [5, 5.41) is 13.6. The molecule has 53 heavy (non-hydrogen) atoms. The molecule has 9 heteroatoms. The van der Waals surface area contributed by atoms with E-state index in [1.807, 2.05) is 6.08 Å². The van der Waals surface area contributed by atoms with E-state index in [0.717, 1.165) is 57.8 Å². The fraction of sp³-hybridized carbons (Fsp3) is 0.750. The highest BCUT2D eigenvalue weighted by molar-refractivity contribution is 7.47. The minimum atomic E-state index is -4.36. The molecule has 0 aliphatic heterocycles. The molecule has 0 rings (SSSR count). The largest absolute Gasteiger partial charge is 0.472 e. The van der Waals surface area contributed by atoms with Crippen molar-refractivity contribution in [2.75, 3.05) is 19.8 Å². The van der Waals surface area contributed by atoms with E-state index < -0.39 is 20.0 Å². The predicted molar refractivity (Wildman–Crippen MR) is 226 cm³/mol. The fourth-order valence-corrected chi connectivity index (χ4v) is 6.63. The molecule has 0 saturated carbocycles. The van der Waals surface area contributed by atoms with Crippen LogP contribution in [0.3, 0.4) is 0 Å². The van der Waals surface area contributed by atoms with Gasteiger partial charge in [0, 0.05) is 13.0 Å². The van der Waals surface area contributed by atoms with Crippen molar-refractivity contribution in [3.05, 3.63) is 60.8 Å². The number of aliphatic hydroxyl groups is 1. The topological polar surface area (TPSA) is 131 Å². The summed E-state index contributed by atoms with van der Waals surface area (Å²) >= 11 is 0. The standard InChI is InChI=1S/C44H81N2O6P/c1-3-5-7-9-11-13-15-17-18-19-20-21-22-23-24-26-27-29-31-33-35-37-43(47)42(41-52-53(49,50)51-40-39-45)46-44(48)38-36-34-32-30-28-25-16-14-12-10-8-6-4-2/h6,8,12,14,25,27-29,35,37,42-43,47H,3-5,7,9-11,13,15-24,26,30-34,36,38-41,45H2,1-2H3,(H,46,48)(H,49,50)/b8-6-,14-12-,28-25-,29-27+,37-35+. The van der Waals surface area contributed by atoms with Crippen molar-refractivity contribution in [3.8, 4) is 0 Å². The van der Waals surface area contributed by atoms with Crippen LogP contribution in [0, 0.1) is 0 Å². The number of carbonyl (C=O) groups is 1. The predicted octanol–water partition coefficient (Wildman–Crippen LogP) is 11.9. The van der Waals surface area contributed by atoms with Gasteiger partial charge in [-0.05, 0) is 64.2 Å². The Morgan fingerprint density at radius 1 is 0.642 bits per heavy atom. The lowest BCUT2D eigenvalue weighted by Gasteiger charge is -2.23. The highest BCUT2D eigenvalue weighted by Crippen LogP contribution is 2.43. The number of aliphatic hydroxyl groups excluding tert-OH is 1. The van der Waals surface area contributed by atoms with Crippen LogP contribution in [-0.2, 0) is 18.4 Å². The Labute approximate surface area is 325 Å². The van der Waals surface area contributed by atoms with Crippen LogP contribution in [0.1, 0.15) is 181 Å². The van der Waals surface area contributed by atoms with Gasteiger partial charge in [-0.2, -0.15) is 0 Å². The lowest BCUT2D eigenvalue weighted by Crippen LogP contribution is -2.45. The van der Waals surface area contributed by atoms with Gasteiger partial charge in [-0.25, -0.2) is 4.57 Å². The summed E-state index contributed by atoms with van der Waals surface area (Å²) in [6, 6.07) is -0.894. The number of allylic oxidation sites excluding steroid dienone is 9. The van der Waals surface area contributed by atoms with Crippen LogP contribution in [0.15, 0.2) is 60.8 Å². The second kappa shape index (κ2) is 39.9. The van der Waals surface area contributed by atoms with E-state index in [0.29, 0.717) is 12.8 Å². The quantitative estimate of drug-likeness (QED) is 0.0278. The second-order valence-electron chi connectivity index (χ2n) is 14.2. The number of unbranched alkanes of at least 4 members (excludes halogenated alkanes) is 19. The highest BCUT2D eigenvalue weighted by Gasteiger charge is 2.26. The zero-order valence-electron chi connectivity index (χ0n) is 34.0. The van der Waals surface area contributed by atoms with E-state index >= 15 is 0 Å². The zero-order chi connectivity index (χ0) is 38.9. The Balaban J connectivity index is 4.28. The van der Waals surface area contributed by atoms with Crippen molar-refractivity contribution in [1.82, 2.24) is 5.32 Å². The molecule has 0 bridgehead atoms. The monoisotopic (exact) mass is 765 g/mol. The van der Waals surface area contributed by atoms with E-state index in [4.69, 9.17) is 14.8 Å². The molecule has 0 spiro atoms. The van der Waals surface area contributed by atoms with Gasteiger partial charge in [-0.3, -0.25) is 13.8 Å². The van der Waals surface area contributed by atoms with E-state index in [1.54, 1.807) is 6.08 Å². The average molecular weight is 765 g/mol. The van der Waals surface area contributed by atoms with Crippen LogP contribution in [0.2, 0.25) is 0 Å². The number of nitrogens with two attached hydrogens (primary N) is 1. The third-order valence-electron chi connectivity index (χ3n) is 9.08. The van der Waals surface area contributed by atoms with Crippen molar-refractivity contribution in [1.29, 1.82) is 0 Å². The fourth-order valence-electron chi connectivity index (χ4n) is 5.87. The summed E-state index contributed by atoms with van der Waals surface area (Å²) in [7, 11) is -4.36. The van der Waals surface area contributed by atoms with E-state index in [9.17, 15) is 19.4 Å². The first-order valence-electron chi connectivity index (χ1n) is 21.4. The van der Waals surface area contributed by atoms with Crippen LogP contribution >= 0.6 is 7.82 Å². The highest BCUT2D eigenvalue weighted by atomic mass is 31.2. The molecule has 0 saturated heterocycles. The first-order chi connectivity index (χ1) is 25.9. The third-order valence-corrected chi connectivity index (χ3v) is 10.1. The van der Waals surface area contributed by atoms with Crippen LogP contribution in [0.25, 0.3) is 0 Å². The zero-order valence-corrected chi connectivity index (χ0v) is 34.9. The van der Waals surface area contributed by atoms with Gasteiger partial charge < -0.3 is 21.1 Å². The lowest BCUT2D eigenvalue weighted by molar-refractivity contribution is -0.123. The molecule has 0 fully saturated rings. The summed E-state index contributed by atoms with van der Waals surface area (Å²) in [4.78, 5) is 22.6. The molecule has 0 aromatic heterocycles. The van der Waals surface area contributed by atoms with Crippen LogP contribution < -0.4 is 11.1 Å². The number of hydrogen-bond acceptors (Lipinski definition) is 6. The van der Waals surface area contributed by atoms with Crippen molar-refractivity contribution >= 4 is 13.7 Å². The van der Waals surface area contributed by atoms with E-state index in [2.05, 4.69) is 67.8 Å². The normalized spacial score (nSPS) is 14.7. The van der Waals surface area contributed by atoms with Crippen molar-refractivity contribution in [3.63, 3.8) is 0 Å². The average Bonchev–Trinajstić information content (AvgIpc) is 3.14. The summed E-state index contributed by atoms with van der Waals surface area (Å²) in [5.41, 5.74) is 5.36. The van der Waals surface area contributed by atoms with Gasteiger partial charge in [0.1, 0.15) is 0 Å². The number of phosphoric acid groups is 1. The maximum Gasteiger partial charge on any atom is 0.472 e. The number of rotatable bonds is 39. The van der Waals surface area contributed by atoms with Crippen molar-refractivity contribution in [2.45, 2.75) is 193 Å². The molecule has 3 atom stereocenters. The Bertz CT molecular complexity index is 1010. The maximum absolute atomic E-state index is 12.7. The van der Waals surface area contributed by atoms with Crippen molar-refractivity contribution < 1.29 is 28.4 Å². The van der Waals surface area contributed by atoms with Gasteiger partial charge >= 0.3 is 7.82 Å². The number of phosphoric ester groups is 1. The Hall–Kier alpha value is -1.80. The van der Waals surface area contributed by atoms with Crippen LogP contribution in [-0.4, -0.2) is 47.8 Å². The summed E-state index contributed by atoms with van der Waals surface area (Å²) < 4.78 is 22.1. The first-order valence-corrected chi connectivity index (χ1v) is 22.9. The molecule has 0 radical (unpaired) electrons. The minimum Gasteiger partial charge on any atom is -0.387 e. The molecule has 0 heterocycles. The molecule has 5 N–H and O–H groups in total. The summed E-state index contributed by atoms with van der Waals surface area (Å²) in [6.07, 6.45) is 50.0. The molecule has 8 nitrogen and oxygen atoms in total. The molecule has 3 unspecified atom stereocenters. The summed E-state index contributed by atoms with van der Waals surface area (Å²) in [5.74, 6) is -0.235. The smallest absolute Gasteiger partial charge is 0.387 e. The molecule has 0 aromatic carbocycles. The SMILES string of the molecule is CC/C=C\C/C=C\C/C=C\CCCCCC(=O)NC(COP(=O)(O)OCCN)C(O)/C=C/CC/C=C/CCCCCCCCCCCCCCCCC. The maximum atomic E-state index is 12.7. The number of hydrogen-bond donors (Lipinski definition) is 4. The molecule has 0 aliphatic rings. The lowest BCUT2D eigenvalue weighted by atomic mass is 10.0. The van der Waals surface area contributed by atoms with Gasteiger partial charge in [-0.15, -0.1) is 0 Å². The number of carbonyl (C=O) groups excluding carboxylic acids is 1. The summed E-state index contributed by atoms with van der Waals surface area (Å²) in [6.45, 7) is 3.97. The number of nitrogens with one attached hydrogen (secondary N) is 1. The number of amides is 1. The Morgan fingerprint density at radius 3 is 1.68 bits per heavy atom. The van der Waals surface area contributed by atoms with Gasteiger partial charge in [0.2, 0.25) is 5.91 Å². The minimum absolute atomic E-state index is 0.0666. The second-order valence-corrected chi connectivity index (χ2v) is 15.6. The molecular weight excluding hydrogens is 683 g/mol. The Kier molecular flexibility index (Phi) is 38.5. The molecule has 1 amide bonds. The van der Waals surface area contributed by atoms with E-state index in [-0.39, 0.29) is 25.7 Å². The molecular formula is C44H81N2O6P. The van der Waals surface area contributed by atoms with E-state index in [1.165, 1.54) is 96.3 Å². The van der Waals surface area contributed by atoms with Crippen LogP contribution in [0.4, 0.5) is 0 Å². The van der Waals surface area contributed by atoms with Gasteiger partial charge in [0.05, 0.1) is 25.4 Å². The van der Waals surface area contributed by atoms with Crippen molar-refractivity contribution in [2.24, 2.45) is 5.73 Å². The Morgan fingerprint density at radius 2 is 1.11 bits per heavy atom. The third kappa shape index (κ3) is 38.3.